The number of carbonyl (C=O) groups excluding carboxylic acids is 3. The number of carbonyl (C=O) groups is 3. The van der Waals surface area contributed by atoms with Gasteiger partial charge in [0, 0.05) is 11.6 Å². The Hall–Kier alpha value is -2.63. The van der Waals surface area contributed by atoms with Crippen molar-refractivity contribution in [3.05, 3.63) is 41.5 Å². The van der Waals surface area contributed by atoms with Gasteiger partial charge in [0.1, 0.15) is 0 Å². The van der Waals surface area contributed by atoms with Gasteiger partial charge in [-0.2, -0.15) is 0 Å². The molecular formula is C23H28N2O4. The molecule has 4 aliphatic carbocycles. The van der Waals surface area contributed by atoms with Crippen LogP contribution in [0.25, 0.3) is 6.08 Å². The van der Waals surface area contributed by atoms with E-state index in [2.05, 4.69) is 10.6 Å². The Morgan fingerprint density at radius 2 is 1.62 bits per heavy atom. The zero-order valence-electron chi connectivity index (χ0n) is 16.8. The largest absolute Gasteiger partial charge is 0.452 e. The molecule has 2 N–H and O–H groups in total. The third-order valence-corrected chi connectivity index (χ3v) is 6.50. The topological polar surface area (TPSA) is 84.5 Å². The quantitative estimate of drug-likeness (QED) is 0.590. The molecule has 1 aromatic carbocycles. The number of hydrogen-bond acceptors (Lipinski definition) is 4. The summed E-state index contributed by atoms with van der Waals surface area (Å²) in [5.74, 6) is 0.877. The number of urea groups is 1. The van der Waals surface area contributed by atoms with Crippen LogP contribution in [-0.4, -0.2) is 30.1 Å². The number of hydrogen-bond donors (Lipinski definition) is 2. The van der Waals surface area contributed by atoms with E-state index in [1.54, 1.807) is 6.08 Å². The third kappa shape index (κ3) is 4.86. The summed E-state index contributed by atoms with van der Waals surface area (Å²) in [4.78, 5) is 36.1. The van der Waals surface area contributed by atoms with Crippen LogP contribution in [0.2, 0.25) is 0 Å². The van der Waals surface area contributed by atoms with Crippen LogP contribution in [0.15, 0.2) is 30.3 Å². The molecule has 0 radical (unpaired) electrons. The molecule has 4 bridgehead atoms. The predicted molar refractivity (Wildman–Crippen MR) is 109 cm³/mol. The van der Waals surface area contributed by atoms with Crippen molar-refractivity contribution in [2.75, 3.05) is 6.61 Å². The van der Waals surface area contributed by atoms with Crippen LogP contribution in [0.4, 0.5) is 4.79 Å². The molecule has 0 aliphatic heterocycles. The average molecular weight is 396 g/mol. The molecule has 0 unspecified atom stereocenters. The average Bonchev–Trinajstić information content (AvgIpc) is 2.64. The maximum Gasteiger partial charge on any atom is 0.331 e. The van der Waals surface area contributed by atoms with E-state index in [4.69, 9.17) is 4.74 Å². The zero-order valence-corrected chi connectivity index (χ0v) is 16.8. The Bertz CT molecular complexity index is 793. The Labute approximate surface area is 171 Å². The summed E-state index contributed by atoms with van der Waals surface area (Å²) in [6.07, 6.45) is 9.79. The number of aryl methyl sites for hydroxylation is 1. The second kappa shape index (κ2) is 8.01. The summed E-state index contributed by atoms with van der Waals surface area (Å²) < 4.78 is 4.93. The molecule has 0 spiro atoms. The standard InChI is InChI=1S/C23H28N2O4/c1-15-2-4-16(5-3-15)6-7-21(27)29-14-20(26)24-22(28)25-23-11-17-8-18(12-23)10-19(9-17)13-23/h2-7,17-19H,8-14H2,1H3,(H2,24,25,26,28)/b7-6+. The van der Waals surface area contributed by atoms with Crippen molar-refractivity contribution >= 4 is 24.0 Å². The Kier molecular flexibility index (Phi) is 5.43. The summed E-state index contributed by atoms with van der Waals surface area (Å²) in [5.41, 5.74) is 1.84. The van der Waals surface area contributed by atoms with E-state index >= 15 is 0 Å². The summed E-state index contributed by atoms with van der Waals surface area (Å²) in [7, 11) is 0. The van der Waals surface area contributed by atoms with Gasteiger partial charge in [-0.3, -0.25) is 10.1 Å². The minimum absolute atomic E-state index is 0.160. The minimum atomic E-state index is -0.623. The smallest absolute Gasteiger partial charge is 0.331 e. The number of rotatable bonds is 5. The van der Waals surface area contributed by atoms with Gasteiger partial charge in [0.15, 0.2) is 6.61 Å². The second-order valence-electron chi connectivity index (χ2n) is 9.05. The van der Waals surface area contributed by atoms with Gasteiger partial charge >= 0.3 is 12.0 Å². The molecule has 1 aromatic rings. The first-order valence-corrected chi connectivity index (χ1v) is 10.4. The number of amides is 3. The zero-order chi connectivity index (χ0) is 20.4. The van der Waals surface area contributed by atoms with Gasteiger partial charge in [0.2, 0.25) is 0 Å². The first-order chi connectivity index (χ1) is 13.9. The fourth-order valence-corrected chi connectivity index (χ4v) is 5.73. The van der Waals surface area contributed by atoms with E-state index < -0.39 is 24.5 Å². The predicted octanol–water partition coefficient (Wildman–Crippen LogP) is 3.35. The molecule has 4 saturated carbocycles. The first kappa shape index (κ1) is 19.7. The fourth-order valence-electron chi connectivity index (χ4n) is 5.73. The molecule has 154 valence electrons. The van der Waals surface area contributed by atoms with E-state index in [1.165, 1.54) is 25.3 Å². The Morgan fingerprint density at radius 3 is 2.21 bits per heavy atom. The highest BCUT2D eigenvalue weighted by Gasteiger charge is 2.51. The van der Waals surface area contributed by atoms with Crippen molar-refractivity contribution < 1.29 is 19.1 Å². The minimum Gasteiger partial charge on any atom is -0.452 e. The lowest BCUT2D eigenvalue weighted by Gasteiger charge is -2.56. The molecule has 6 nitrogen and oxygen atoms in total. The van der Waals surface area contributed by atoms with Gasteiger partial charge in [-0.25, -0.2) is 9.59 Å². The lowest BCUT2D eigenvalue weighted by molar-refractivity contribution is -0.143. The van der Waals surface area contributed by atoms with Crippen molar-refractivity contribution in [2.24, 2.45) is 17.8 Å². The highest BCUT2D eigenvalue weighted by Crippen LogP contribution is 2.55. The van der Waals surface area contributed by atoms with Gasteiger partial charge in [0.25, 0.3) is 5.91 Å². The number of benzene rings is 1. The van der Waals surface area contributed by atoms with Crippen molar-refractivity contribution in [3.8, 4) is 0 Å². The monoisotopic (exact) mass is 396 g/mol. The van der Waals surface area contributed by atoms with E-state index in [0.29, 0.717) is 17.8 Å². The summed E-state index contributed by atoms with van der Waals surface area (Å²) in [6.45, 7) is 1.51. The van der Waals surface area contributed by atoms with Crippen molar-refractivity contribution in [2.45, 2.75) is 51.0 Å². The molecule has 0 heterocycles. The van der Waals surface area contributed by atoms with Crippen LogP contribution >= 0.6 is 0 Å². The van der Waals surface area contributed by atoms with Gasteiger partial charge in [-0.15, -0.1) is 0 Å². The van der Waals surface area contributed by atoms with Crippen molar-refractivity contribution in [1.29, 1.82) is 0 Å². The summed E-state index contributed by atoms with van der Waals surface area (Å²) >= 11 is 0. The first-order valence-electron chi connectivity index (χ1n) is 10.4. The van der Waals surface area contributed by atoms with Crippen LogP contribution in [-0.2, 0) is 14.3 Å². The lowest BCUT2D eigenvalue weighted by atomic mass is 9.53. The van der Waals surface area contributed by atoms with E-state index in [-0.39, 0.29) is 5.54 Å². The SMILES string of the molecule is Cc1ccc(/C=C/C(=O)OCC(=O)NC(=O)NC23CC4CC(CC(C4)C2)C3)cc1. The van der Waals surface area contributed by atoms with Crippen molar-refractivity contribution in [3.63, 3.8) is 0 Å². The number of nitrogens with one attached hydrogen (secondary N) is 2. The molecule has 4 fully saturated rings. The van der Waals surface area contributed by atoms with Crippen molar-refractivity contribution in [1.82, 2.24) is 10.6 Å². The summed E-state index contributed by atoms with van der Waals surface area (Å²) in [5, 5.41) is 5.37. The second-order valence-corrected chi connectivity index (χ2v) is 9.05. The van der Waals surface area contributed by atoms with Crippen LogP contribution in [0.3, 0.4) is 0 Å². The van der Waals surface area contributed by atoms with Crippen LogP contribution in [0.1, 0.15) is 49.7 Å². The van der Waals surface area contributed by atoms with E-state index in [1.807, 2.05) is 31.2 Å². The fraction of sp³-hybridized carbons (Fsp3) is 0.522. The molecule has 29 heavy (non-hydrogen) atoms. The van der Waals surface area contributed by atoms with Gasteiger partial charge < -0.3 is 10.1 Å². The van der Waals surface area contributed by atoms with Crippen LogP contribution in [0, 0.1) is 24.7 Å². The molecule has 0 atom stereocenters. The van der Waals surface area contributed by atoms with E-state index in [9.17, 15) is 14.4 Å². The Morgan fingerprint density at radius 1 is 1.03 bits per heavy atom. The van der Waals surface area contributed by atoms with Gasteiger partial charge in [-0.05, 0) is 74.8 Å². The highest BCUT2D eigenvalue weighted by atomic mass is 16.5. The molecule has 3 amide bonds. The number of imide groups is 1. The van der Waals surface area contributed by atoms with Gasteiger partial charge in [0.05, 0.1) is 0 Å². The van der Waals surface area contributed by atoms with E-state index in [0.717, 1.165) is 30.4 Å². The molecule has 0 aromatic heterocycles. The summed E-state index contributed by atoms with van der Waals surface area (Å²) in [6, 6.07) is 7.19. The third-order valence-electron chi connectivity index (χ3n) is 6.50. The molecular weight excluding hydrogens is 368 g/mol. The molecule has 5 rings (SSSR count). The molecule has 0 saturated heterocycles. The maximum absolute atomic E-state index is 12.3. The Balaban J connectivity index is 1.21. The number of esters is 1. The highest BCUT2D eigenvalue weighted by molar-refractivity contribution is 5.96. The molecule has 6 heteroatoms. The van der Waals surface area contributed by atoms with Crippen LogP contribution in [0.5, 0.6) is 0 Å². The maximum atomic E-state index is 12.3. The normalized spacial score (nSPS) is 29.6. The lowest BCUT2D eigenvalue weighted by Crippen LogP contribution is -2.62. The number of ether oxygens (including phenoxy) is 1. The van der Waals surface area contributed by atoms with Gasteiger partial charge in [-0.1, -0.05) is 29.8 Å². The molecule has 4 aliphatic rings. The van der Waals surface area contributed by atoms with Crippen LogP contribution < -0.4 is 10.6 Å².